The summed E-state index contributed by atoms with van der Waals surface area (Å²) in [6.07, 6.45) is 1.12. The second-order valence-corrected chi connectivity index (χ2v) is 4.49. The zero-order valence-electron chi connectivity index (χ0n) is 10.8. The summed E-state index contributed by atoms with van der Waals surface area (Å²) in [7, 11) is 0. The number of fused-ring (bicyclic) bond motifs is 1. The third-order valence-electron chi connectivity index (χ3n) is 2.51. The molecule has 1 heterocycles. The Bertz CT molecular complexity index is 676. The van der Waals surface area contributed by atoms with Gasteiger partial charge in [-0.15, -0.1) is 0 Å². The number of aromatic nitrogens is 2. The number of esters is 1. The monoisotopic (exact) mass is 261 g/mol. The van der Waals surface area contributed by atoms with Gasteiger partial charge in [-0.1, -0.05) is 0 Å². The van der Waals surface area contributed by atoms with Gasteiger partial charge in [0.2, 0.25) is 0 Å². The minimum atomic E-state index is -0.470. The fourth-order valence-electron chi connectivity index (χ4n) is 1.73. The summed E-state index contributed by atoms with van der Waals surface area (Å²) in [5.41, 5.74) is 6.36. The molecule has 2 aromatic rings. The molecule has 0 aliphatic rings. The van der Waals surface area contributed by atoms with Crippen LogP contribution in [-0.4, -0.2) is 21.6 Å². The van der Waals surface area contributed by atoms with E-state index in [1.54, 1.807) is 32.0 Å². The van der Waals surface area contributed by atoms with E-state index >= 15 is 0 Å². The minimum Gasteiger partial charge on any atom is -0.462 e. The molecule has 1 aromatic carbocycles. The Hall–Kier alpha value is -2.37. The van der Waals surface area contributed by atoms with Crippen LogP contribution in [0, 0.1) is 0 Å². The van der Waals surface area contributed by atoms with Gasteiger partial charge in [0.15, 0.2) is 0 Å². The van der Waals surface area contributed by atoms with E-state index in [9.17, 15) is 9.59 Å². The lowest BCUT2D eigenvalue weighted by atomic mass is 10.2. The van der Waals surface area contributed by atoms with Crippen molar-refractivity contribution in [2.45, 2.75) is 26.5 Å². The van der Waals surface area contributed by atoms with E-state index in [1.165, 1.54) is 10.9 Å². The summed E-state index contributed by atoms with van der Waals surface area (Å²) in [5, 5.41) is 0.389. The van der Waals surface area contributed by atoms with E-state index in [4.69, 9.17) is 10.5 Å². The van der Waals surface area contributed by atoms with Crippen molar-refractivity contribution >= 4 is 22.6 Å². The van der Waals surface area contributed by atoms with Crippen LogP contribution in [0.4, 0.5) is 5.69 Å². The lowest BCUT2D eigenvalue weighted by Crippen LogP contribution is -2.26. The summed E-state index contributed by atoms with van der Waals surface area (Å²) in [5.74, 6) is -0.470. The Morgan fingerprint density at radius 3 is 2.89 bits per heavy atom. The van der Waals surface area contributed by atoms with Crippen LogP contribution in [0.25, 0.3) is 10.9 Å². The van der Waals surface area contributed by atoms with Crippen LogP contribution in [0.1, 0.15) is 13.8 Å². The maximum absolute atomic E-state index is 12.2. The average Bonchev–Trinajstić information content (AvgIpc) is 2.32. The van der Waals surface area contributed by atoms with Crippen molar-refractivity contribution in [2.75, 3.05) is 5.73 Å². The number of nitrogens with two attached hydrogens (primary N) is 1. The molecule has 0 atom stereocenters. The van der Waals surface area contributed by atoms with Crippen LogP contribution < -0.4 is 11.3 Å². The van der Waals surface area contributed by atoms with Gasteiger partial charge in [-0.25, -0.2) is 4.98 Å². The first-order valence-corrected chi connectivity index (χ1v) is 5.91. The molecular weight excluding hydrogens is 246 g/mol. The van der Waals surface area contributed by atoms with Gasteiger partial charge in [0.1, 0.15) is 6.54 Å². The molecule has 0 fully saturated rings. The van der Waals surface area contributed by atoms with Crippen molar-refractivity contribution < 1.29 is 9.53 Å². The van der Waals surface area contributed by atoms with E-state index in [0.717, 1.165) is 0 Å². The predicted octanol–water partition coefficient (Wildman–Crippen LogP) is 0.930. The standard InChI is InChI=1S/C13H15N3O3/c1-8(2)19-12(17)6-16-7-15-11-4-3-9(14)5-10(11)13(16)18/h3-5,7-8H,6,14H2,1-2H3. The van der Waals surface area contributed by atoms with Crippen LogP contribution in [0.5, 0.6) is 0 Å². The van der Waals surface area contributed by atoms with Gasteiger partial charge < -0.3 is 10.5 Å². The second kappa shape index (κ2) is 5.09. The highest BCUT2D eigenvalue weighted by Crippen LogP contribution is 2.10. The molecule has 0 bridgehead atoms. The van der Waals surface area contributed by atoms with E-state index in [1.807, 2.05) is 0 Å². The van der Waals surface area contributed by atoms with Gasteiger partial charge in [-0.3, -0.25) is 14.2 Å². The number of nitrogen functional groups attached to an aromatic ring is 1. The van der Waals surface area contributed by atoms with Crippen molar-refractivity contribution in [2.24, 2.45) is 0 Å². The fourth-order valence-corrected chi connectivity index (χ4v) is 1.73. The van der Waals surface area contributed by atoms with Crippen molar-refractivity contribution in [1.29, 1.82) is 0 Å². The Kier molecular flexibility index (Phi) is 3.50. The topological polar surface area (TPSA) is 87.2 Å². The highest BCUT2D eigenvalue weighted by atomic mass is 16.5. The number of ether oxygens (including phenoxy) is 1. The van der Waals surface area contributed by atoms with Crippen molar-refractivity contribution in [3.8, 4) is 0 Å². The molecule has 1 aromatic heterocycles. The Morgan fingerprint density at radius 2 is 2.21 bits per heavy atom. The number of hydrogen-bond acceptors (Lipinski definition) is 5. The lowest BCUT2D eigenvalue weighted by molar-refractivity contribution is -0.148. The smallest absolute Gasteiger partial charge is 0.326 e. The number of carbonyl (C=O) groups excluding carboxylic acids is 1. The Balaban J connectivity index is 2.37. The Morgan fingerprint density at radius 1 is 1.47 bits per heavy atom. The van der Waals surface area contributed by atoms with Gasteiger partial charge in [-0.05, 0) is 32.0 Å². The number of nitrogens with zero attached hydrogens (tertiary/aromatic N) is 2. The zero-order valence-corrected chi connectivity index (χ0v) is 10.8. The molecule has 2 N–H and O–H groups in total. The van der Waals surface area contributed by atoms with Gasteiger partial charge in [-0.2, -0.15) is 0 Å². The largest absolute Gasteiger partial charge is 0.462 e. The predicted molar refractivity (Wildman–Crippen MR) is 71.6 cm³/mol. The van der Waals surface area contributed by atoms with E-state index in [-0.39, 0.29) is 18.2 Å². The number of anilines is 1. The third-order valence-corrected chi connectivity index (χ3v) is 2.51. The quantitative estimate of drug-likeness (QED) is 0.656. The third kappa shape index (κ3) is 2.90. The van der Waals surface area contributed by atoms with Crippen molar-refractivity contribution in [3.05, 3.63) is 34.9 Å². The van der Waals surface area contributed by atoms with Crippen LogP contribution in [-0.2, 0) is 16.1 Å². The normalized spacial score (nSPS) is 10.9. The summed E-state index contributed by atoms with van der Waals surface area (Å²) >= 11 is 0. The first-order valence-electron chi connectivity index (χ1n) is 5.91. The first kappa shape index (κ1) is 13.1. The molecule has 6 nitrogen and oxygen atoms in total. The van der Waals surface area contributed by atoms with E-state index in [0.29, 0.717) is 16.6 Å². The molecule has 0 saturated carbocycles. The summed E-state index contributed by atoms with van der Waals surface area (Å²) < 4.78 is 6.21. The fraction of sp³-hybridized carbons (Fsp3) is 0.308. The summed E-state index contributed by atoms with van der Waals surface area (Å²) in [6, 6.07) is 4.89. The minimum absolute atomic E-state index is 0.158. The highest BCUT2D eigenvalue weighted by Gasteiger charge is 2.10. The molecular formula is C13H15N3O3. The molecule has 0 spiro atoms. The number of rotatable bonds is 3. The molecule has 0 amide bonds. The zero-order chi connectivity index (χ0) is 14.0. The molecule has 100 valence electrons. The maximum Gasteiger partial charge on any atom is 0.326 e. The van der Waals surface area contributed by atoms with Gasteiger partial charge >= 0.3 is 5.97 Å². The lowest BCUT2D eigenvalue weighted by Gasteiger charge is -2.09. The van der Waals surface area contributed by atoms with Gasteiger partial charge in [0, 0.05) is 5.69 Å². The second-order valence-electron chi connectivity index (χ2n) is 4.49. The molecule has 0 saturated heterocycles. The summed E-state index contributed by atoms with van der Waals surface area (Å²) in [4.78, 5) is 27.8. The molecule has 0 unspecified atom stereocenters. The molecule has 0 radical (unpaired) electrons. The van der Waals surface area contributed by atoms with Crippen molar-refractivity contribution in [1.82, 2.24) is 9.55 Å². The Labute approximate surface area is 109 Å². The molecule has 0 aliphatic carbocycles. The van der Waals surface area contributed by atoms with E-state index in [2.05, 4.69) is 4.98 Å². The average molecular weight is 261 g/mol. The van der Waals surface area contributed by atoms with Crippen molar-refractivity contribution in [3.63, 3.8) is 0 Å². The van der Waals surface area contributed by atoms with Gasteiger partial charge in [0.25, 0.3) is 5.56 Å². The van der Waals surface area contributed by atoms with Crippen LogP contribution in [0.2, 0.25) is 0 Å². The molecule has 2 rings (SSSR count). The van der Waals surface area contributed by atoms with E-state index < -0.39 is 5.97 Å². The number of carbonyl (C=O) groups is 1. The molecule has 19 heavy (non-hydrogen) atoms. The van der Waals surface area contributed by atoms with Gasteiger partial charge in [0.05, 0.1) is 23.3 Å². The molecule has 0 aliphatic heterocycles. The van der Waals surface area contributed by atoms with Crippen LogP contribution >= 0.6 is 0 Å². The highest BCUT2D eigenvalue weighted by molar-refractivity contribution is 5.81. The SMILES string of the molecule is CC(C)OC(=O)Cn1cnc2ccc(N)cc2c1=O. The maximum atomic E-state index is 12.2. The number of benzene rings is 1. The van der Waals surface area contributed by atoms with Crippen LogP contribution in [0.15, 0.2) is 29.3 Å². The van der Waals surface area contributed by atoms with Crippen LogP contribution in [0.3, 0.4) is 0 Å². The summed E-state index contributed by atoms with van der Waals surface area (Å²) in [6.45, 7) is 3.34. The first-order chi connectivity index (χ1) is 8.97. The number of hydrogen-bond donors (Lipinski definition) is 1. The molecule has 6 heteroatoms.